The van der Waals surface area contributed by atoms with Crippen molar-refractivity contribution in [3.05, 3.63) is 71.3 Å². The standard InChI is InChI=1S/C26H26ClN3O4/c27-22-8-4-9-23(18-22)30(15-5-14-28)25(32)19-34-26(33)21-12-16-29(17-13-21)24(31)11-10-20-6-2-1-3-7-20/h1-4,6-11,18,21H,5,12-13,15-17,19H2/b11-10+. The van der Waals surface area contributed by atoms with Gasteiger partial charge in [0.1, 0.15) is 0 Å². The van der Waals surface area contributed by atoms with E-state index in [0.717, 1.165) is 5.56 Å². The number of ether oxygens (including phenoxy) is 1. The number of anilines is 1. The molecule has 0 atom stereocenters. The van der Waals surface area contributed by atoms with E-state index in [-0.39, 0.29) is 24.8 Å². The largest absolute Gasteiger partial charge is 0.455 e. The highest BCUT2D eigenvalue weighted by atomic mass is 35.5. The lowest BCUT2D eigenvalue weighted by Gasteiger charge is -2.30. The molecule has 0 saturated carbocycles. The van der Waals surface area contributed by atoms with Gasteiger partial charge < -0.3 is 14.5 Å². The first kappa shape index (κ1) is 25.0. The normalized spacial score (nSPS) is 13.9. The minimum atomic E-state index is -0.452. The van der Waals surface area contributed by atoms with Crippen LogP contribution in [0.25, 0.3) is 6.08 Å². The second kappa shape index (κ2) is 12.6. The number of esters is 1. The molecular weight excluding hydrogens is 454 g/mol. The van der Waals surface area contributed by atoms with Crippen molar-refractivity contribution in [3.63, 3.8) is 0 Å². The SMILES string of the molecule is N#CCCN(C(=O)COC(=O)C1CCN(C(=O)/C=C/c2ccccc2)CC1)c1cccc(Cl)c1. The maximum Gasteiger partial charge on any atom is 0.309 e. The van der Waals surface area contributed by atoms with Gasteiger partial charge in [0.05, 0.1) is 18.4 Å². The summed E-state index contributed by atoms with van der Waals surface area (Å²) >= 11 is 6.02. The zero-order valence-electron chi connectivity index (χ0n) is 18.7. The van der Waals surface area contributed by atoms with Crippen LogP contribution in [0.5, 0.6) is 0 Å². The number of carbonyl (C=O) groups excluding carboxylic acids is 3. The Bertz CT molecular complexity index is 1070. The fourth-order valence-electron chi connectivity index (χ4n) is 3.70. The van der Waals surface area contributed by atoms with Crippen molar-refractivity contribution >= 4 is 41.1 Å². The Labute approximate surface area is 204 Å². The van der Waals surface area contributed by atoms with Crippen LogP contribution < -0.4 is 4.90 Å². The average Bonchev–Trinajstić information content (AvgIpc) is 2.87. The average molecular weight is 480 g/mol. The highest BCUT2D eigenvalue weighted by Gasteiger charge is 2.28. The van der Waals surface area contributed by atoms with Crippen molar-refractivity contribution in [1.29, 1.82) is 5.26 Å². The molecule has 0 unspecified atom stereocenters. The third kappa shape index (κ3) is 7.19. The summed E-state index contributed by atoms with van der Waals surface area (Å²) in [7, 11) is 0. The number of rotatable bonds is 8. The molecule has 0 aromatic heterocycles. The van der Waals surface area contributed by atoms with E-state index in [1.807, 2.05) is 36.4 Å². The van der Waals surface area contributed by atoms with Crippen molar-refractivity contribution < 1.29 is 19.1 Å². The van der Waals surface area contributed by atoms with Crippen LogP contribution in [0.1, 0.15) is 24.8 Å². The van der Waals surface area contributed by atoms with Crippen LogP contribution in [0, 0.1) is 17.2 Å². The Morgan fingerprint density at radius 3 is 2.53 bits per heavy atom. The van der Waals surface area contributed by atoms with Gasteiger partial charge >= 0.3 is 5.97 Å². The lowest BCUT2D eigenvalue weighted by Crippen LogP contribution is -2.41. The third-order valence-corrected chi connectivity index (χ3v) is 5.80. The molecule has 0 bridgehead atoms. The molecule has 1 saturated heterocycles. The molecule has 1 fully saturated rings. The fourth-order valence-corrected chi connectivity index (χ4v) is 3.89. The topological polar surface area (TPSA) is 90.7 Å². The van der Waals surface area contributed by atoms with Crippen LogP contribution in [0.4, 0.5) is 5.69 Å². The van der Waals surface area contributed by atoms with Gasteiger partial charge in [-0.05, 0) is 42.7 Å². The summed E-state index contributed by atoms with van der Waals surface area (Å²) in [4.78, 5) is 40.8. The van der Waals surface area contributed by atoms with Gasteiger partial charge in [0.25, 0.3) is 5.91 Å². The van der Waals surface area contributed by atoms with Crippen LogP contribution in [-0.2, 0) is 19.1 Å². The first-order valence-electron chi connectivity index (χ1n) is 11.1. The first-order valence-corrected chi connectivity index (χ1v) is 11.5. The first-order chi connectivity index (χ1) is 16.5. The van der Waals surface area contributed by atoms with Crippen molar-refractivity contribution in [2.45, 2.75) is 19.3 Å². The number of benzene rings is 2. The van der Waals surface area contributed by atoms with E-state index < -0.39 is 18.5 Å². The number of likely N-dealkylation sites (tertiary alicyclic amines) is 1. The van der Waals surface area contributed by atoms with Crippen molar-refractivity contribution in [1.82, 2.24) is 4.90 Å². The predicted octanol–water partition coefficient (Wildman–Crippen LogP) is 4.08. The van der Waals surface area contributed by atoms with Gasteiger partial charge in [-0.1, -0.05) is 48.0 Å². The lowest BCUT2D eigenvalue weighted by molar-refractivity contribution is -0.154. The number of hydrogen-bond donors (Lipinski definition) is 0. The molecular formula is C26H26ClN3O4. The van der Waals surface area contributed by atoms with Gasteiger partial charge in [-0.15, -0.1) is 0 Å². The molecule has 0 aliphatic carbocycles. The van der Waals surface area contributed by atoms with Crippen LogP contribution in [-0.4, -0.2) is 48.9 Å². The smallest absolute Gasteiger partial charge is 0.309 e. The maximum absolute atomic E-state index is 12.7. The molecule has 1 aliphatic heterocycles. The zero-order valence-corrected chi connectivity index (χ0v) is 19.5. The van der Waals surface area contributed by atoms with E-state index in [0.29, 0.717) is 36.6 Å². The summed E-state index contributed by atoms with van der Waals surface area (Å²) in [6, 6.07) is 18.3. The molecule has 2 amide bonds. The van der Waals surface area contributed by atoms with Gasteiger partial charge in [-0.2, -0.15) is 5.26 Å². The Morgan fingerprint density at radius 2 is 1.85 bits per heavy atom. The molecule has 1 heterocycles. The minimum Gasteiger partial charge on any atom is -0.455 e. The number of nitriles is 1. The van der Waals surface area contributed by atoms with E-state index in [9.17, 15) is 14.4 Å². The van der Waals surface area contributed by atoms with E-state index in [2.05, 4.69) is 0 Å². The Balaban J connectivity index is 1.48. The monoisotopic (exact) mass is 479 g/mol. The highest BCUT2D eigenvalue weighted by molar-refractivity contribution is 6.30. The highest BCUT2D eigenvalue weighted by Crippen LogP contribution is 2.22. The number of carbonyl (C=O) groups is 3. The third-order valence-electron chi connectivity index (χ3n) is 5.56. The number of hydrogen-bond acceptors (Lipinski definition) is 5. The number of nitrogens with zero attached hydrogens (tertiary/aromatic N) is 3. The molecule has 0 radical (unpaired) electrons. The van der Waals surface area contributed by atoms with Crippen molar-refractivity contribution in [2.75, 3.05) is 31.1 Å². The van der Waals surface area contributed by atoms with E-state index in [1.54, 1.807) is 35.2 Å². The maximum atomic E-state index is 12.7. The molecule has 0 N–H and O–H groups in total. The van der Waals surface area contributed by atoms with Crippen LogP contribution in [0.2, 0.25) is 5.02 Å². The van der Waals surface area contributed by atoms with Gasteiger partial charge in [-0.3, -0.25) is 14.4 Å². The van der Waals surface area contributed by atoms with Crippen molar-refractivity contribution in [3.8, 4) is 6.07 Å². The molecule has 1 aliphatic rings. The van der Waals surface area contributed by atoms with Crippen molar-refractivity contribution in [2.24, 2.45) is 5.92 Å². The minimum absolute atomic E-state index is 0.0968. The second-order valence-corrected chi connectivity index (χ2v) is 8.32. The van der Waals surface area contributed by atoms with E-state index in [4.69, 9.17) is 21.6 Å². The predicted molar refractivity (Wildman–Crippen MR) is 130 cm³/mol. The summed E-state index contributed by atoms with van der Waals surface area (Å²) in [5.74, 6) is -1.34. The summed E-state index contributed by atoms with van der Waals surface area (Å²) in [6.07, 6.45) is 4.40. The Kier molecular flexibility index (Phi) is 9.24. The van der Waals surface area contributed by atoms with Gasteiger partial charge in [0.2, 0.25) is 5.91 Å². The van der Waals surface area contributed by atoms with Gasteiger partial charge in [0, 0.05) is 36.4 Å². The lowest BCUT2D eigenvalue weighted by atomic mass is 9.97. The molecule has 176 valence electrons. The molecule has 2 aromatic rings. The molecule has 7 nitrogen and oxygen atoms in total. The second-order valence-electron chi connectivity index (χ2n) is 7.88. The summed E-state index contributed by atoms with van der Waals surface area (Å²) in [5.41, 5.74) is 1.49. The molecule has 2 aromatic carbocycles. The number of piperidine rings is 1. The van der Waals surface area contributed by atoms with Crippen LogP contribution in [0.3, 0.4) is 0 Å². The van der Waals surface area contributed by atoms with E-state index in [1.165, 1.54) is 11.0 Å². The van der Waals surface area contributed by atoms with Crippen LogP contribution in [0.15, 0.2) is 60.7 Å². The number of amides is 2. The molecule has 8 heteroatoms. The number of halogens is 1. The van der Waals surface area contributed by atoms with E-state index >= 15 is 0 Å². The summed E-state index contributed by atoms with van der Waals surface area (Å²) in [6.45, 7) is 0.644. The summed E-state index contributed by atoms with van der Waals surface area (Å²) < 4.78 is 5.29. The Morgan fingerprint density at radius 1 is 1.12 bits per heavy atom. The Hall–Kier alpha value is -3.63. The quantitative estimate of drug-likeness (QED) is 0.420. The van der Waals surface area contributed by atoms with Gasteiger partial charge in [-0.25, -0.2) is 0 Å². The molecule has 3 rings (SSSR count). The fraction of sp³-hybridized carbons (Fsp3) is 0.308. The zero-order chi connectivity index (χ0) is 24.3. The molecule has 0 spiro atoms. The summed E-state index contributed by atoms with van der Waals surface area (Å²) in [5, 5.41) is 9.37. The molecule has 34 heavy (non-hydrogen) atoms. The van der Waals surface area contributed by atoms with Gasteiger partial charge in [0.15, 0.2) is 6.61 Å². The van der Waals surface area contributed by atoms with Crippen LogP contribution >= 0.6 is 11.6 Å².